The van der Waals surface area contributed by atoms with Crippen LogP contribution in [0.5, 0.6) is 0 Å². The maximum Gasteiger partial charge on any atom is 0.178 e. The van der Waals surface area contributed by atoms with E-state index >= 15 is 0 Å². The Labute approximate surface area is 98.1 Å². The lowest BCUT2D eigenvalue weighted by molar-refractivity contribution is 0.545. The Morgan fingerprint density at radius 3 is 2.81 bits per heavy atom. The highest BCUT2D eigenvalue weighted by Crippen LogP contribution is 2.56. The van der Waals surface area contributed by atoms with Crippen LogP contribution in [-0.4, -0.2) is 9.55 Å². The summed E-state index contributed by atoms with van der Waals surface area (Å²) in [6, 6.07) is 5.22. The molecule has 1 aromatic heterocycles. The van der Waals surface area contributed by atoms with E-state index in [9.17, 15) is 4.39 Å². The molecule has 0 radical (unpaired) electrons. The molecule has 1 unspecified atom stereocenters. The second-order valence-corrected chi connectivity index (χ2v) is 5.56. The third-order valence-electron chi connectivity index (χ3n) is 3.45. The average Bonchev–Trinajstić information content (AvgIpc) is 2.67. The van der Waals surface area contributed by atoms with Crippen molar-refractivity contribution in [2.45, 2.75) is 26.3 Å². The van der Waals surface area contributed by atoms with Gasteiger partial charge in [0.1, 0.15) is 5.82 Å². The number of imidazole rings is 1. The molecule has 16 heavy (non-hydrogen) atoms. The number of nitrogens with one attached hydrogen (secondary N) is 1. The van der Waals surface area contributed by atoms with Crippen LogP contribution in [0.3, 0.4) is 0 Å². The second-order valence-electron chi connectivity index (χ2n) is 5.17. The SMILES string of the molecule is CC1(C)CC1n1c(=S)[nH]c2cc(F)ccc21. The van der Waals surface area contributed by atoms with Gasteiger partial charge in [-0.25, -0.2) is 4.39 Å². The summed E-state index contributed by atoms with van der Waals surface area (Å²) in [5.74, 6) is -0.231. The molecule has 1 N–H and O–H groups in total. The molecule has 2 nitrogen and oxygen atoms in total. The standard InChI is InChI=1S/C12H13FN2S/c1-12(2)6-10(12)15-9-4-3-7(13)5-8(9)14-11(15)16/h3-5,10H,6H2,1-2H3,(H,14,16). The molecule has 1 fully saturated rings. The first-order chi connectivity index (χ1) is 7.49. The summed E-state index contributed by atoms with van der Waals surface area (Å²) in [7, 11) is 0. The number of nitrogens with zero attached hydrogens (tertiary/aromatic N) is 1. The van der Waals surface area contributed by atoms with E-state index in [1.165, 1.54) is 12.1 Å². The number of benzene rings is 1. The largest absolute Gasteiger partial charge is 0.330 e. The predicted octanol–water partition coefficient (Wildman–Crippen LogP) is 3.81. The van der Waals surface area contributed by atoms with E-state index in [-0.39, 0.29) is 5.82 Å². The van der Waals surface area contributed by atoms with Gasteiger partial charge in [-0.3, -0.25) is 0 Å². The minimum Gasteiger partial charge on any atom is -0.330 e. The lowest BCUT2D eigenvalue weighted by Gasteiger charge is -2.06. The monoisotopic (exact) mass is 236 g/mol. The fraction of sp³-hybridized carbons (Fsp3) is 0.417. The number of hydrogen-bond donors (Lipinski definition) is 1. The first-order valence-corrected chi connectivity index (χ1v) is 5.80. The van der Waals surface area contributed by atoms with E-state index in [2.05, 4.69) is 23.4 Å². The van der Waals surface area contributed by atoms with Gasteiger partial charge in [-0.05, 0) is 42.3 Å². The molecule has 4 heteroatoms. The summed E-state index contributed by atoms with van der Waals surface area (Å²) in [6.07, 6.45) is 1.13. The Hall–Kier alpha value is -1.16. The highest BCUT2D eigenvalue weighted by Gasteiger charge is 2.47. The van der Waals surface area contributed by atoms with Crippen LogP contribution < -0.4 is 0 Å². The highest BCUT2D eigenvalue weighted by atomic mass is 32.1. The van der Waals surface area contributed by atoms with Crippen LogP contribution in [0.15, 0.2) is 18.2 Å². The van der Waals surface area contributed by atoms with Crippen molar-refractivity contribution in [2.24, 2.45) is 5.41 Å². The van der Waals surface area contributed by atoms with Crippen LogP contribution in [0, 0.1) is 16.0 Å². The third-order valence-corrected chi connectivity index (χ3v) is 3.75. The van der Waals surface area contributed by atoms with Crippen LogP contribution in [0.2, 0.25) is 0 Å². The number of rotatable bonds is 1. The van der Waals surface area contributed by atoms with Crippen LogP contribution in [0.1, 0.15) is 26.3 Å². The Balaban J connectivity index is 2.25. The first kappa shape index (κ1) is 10.0. The fourth-order valence-corrected chi connectivity index (χ4v) is 2.63. The normalized spacial score (nSPS) is 22.6. The van der Waals surface area contributed by atoms with Crippen LogP contribution >= 0.6 is 12.2 Å². The van der Waals surface area contributed by atoms with Gasteiger partial charge in [0.05, 0.1) is 11.0 Å². The molecule has 1 aliphatic carbocycles. The van der Waals surface area contributed by atoms with E-state index in [0.29, 0.717) is 16.2 Å². The van der Waals surface area contributed by atoms with Gasteiger partial charge in [-0.1, -0.05) is 13.8 Å². The maximum atomic E-state index is 13.1. The fourth-order valence-electron chi connectivity index (χ4n) is 2.29. The van der Waals surface area contributed by atoms with Crippen molar-refractivity contribution in [3.8, 4) is 0 Å². The summed E-state index contributed by atoms with van der Waals surface area (Å²) < 4.78 is 15.9. The smallest absolute Gasteiger partial charge is 0.178 e. The zero-order valence-corrected chi connectivity index (χ0v) is 10.1. The lowest BCUT2D eigenvalue weighted by atomic mass is 10.2. The van der Waals surface area contributed by atoms with Gasteiger partial charge in [-0.2, -0.15) is 0 Å². The highest BCUT2D eigenvalue weighted by molar-refractivity contribution is 7.71. The van der Waals surface area contributed by atoms with Gasteiger partial charge >= 0.3 is 0 Å². The van der Waals surface area contributed by atoms with Gasteiger partial charge in [0.15, 0.2) is 4.77 Å². The van der Waals surface area contributed by atoms with Gasteiger partial charge in [-0.15, -0.1) is 0 Å². The molecule has 1 heterocycles. The van der Waals surface area contributed by atoms with Gasteiger partial charge in [0.25, 0.3) is 0 Å². The molecule has 0 bridgehead atoms. The van der Waals surface area contributed by atoms with Crippen molar-refractivity contribution in [3.63, 3.8) is 0 Å². The first-order valence-electron chi connectivity index (χ1n) is 5.39. The summed E-state index contributed by atoms with van der Waals surface area (Å²) in [5.41, 5.74) is 2.09. The number of fused-ring (bicyclic) bond motifs is 1. The molecule has 1 atom stereocenters. The minimum absolute atomic E-state index is 0.231. The zero-order chi connectivity index (χ0) is 11.5. The minimum atomic E-state index is -0.231. The number of halogens is 1. The van der Waals surface area contributed by atoms with E-state index in [0.717, 1.165) is 17.5 Å². The number of H-pyrrole nitrogens is 1. The topological polar surface area (TPSA) is 20.7 Å². The molecule has 1 saturated carbocycles. The lowest BCUT2D eigenvalue weighted by Crippen LogP contribution is -2.00. The Morgan fingerprint density at radius 2 is 2.19 bits per heavy atom. The van der Waals surface area contributed by atoms with Gasteiger partial charge < -0.3 is 9.55 Å². The van der Waals surface area contributed by atoms with Crippen molar-refractivity contribution >= 4 is 23.3 Å². The Bertz CT molecular complexity index is 623. The summed E-state index contributed by atoms with van der Waals surface area (Å²) in [5, 5.41) is 0. The second kappa shape index (κ2) is 2.94. The van der Waals surface area contributed by atoms with E-state index < -0.39 is 0 Å². The van der Waals surface area contributed by atoms with E-state index in [4.69, 9.17) is 12.2 Å². The molecular weight excluding hydrogens is 223 g/mol. The van der Waals surface area contributed by atoms with Crippen LogP contribution in [0.25, 0.3) is 11.0 Å². The molecule has 1 aromatic carbocycles. The van der Waals surface area contributed by atoms with Gasteiger partial charge in [0, 0.05) is 6.04 Å². The average molecular weight is 236 g/mol. The molecule has 2 aromatic rings. The molecule has 1 aliphatic rings. The molecule has 0 spiro atoms. The Morgan fingerprint density at radius 1 is 1.50 bits per heavy atom. The summed E-state index contributed by atoms with van der Waals surface area (Å²) in [6.45, 7) is 4.45. The molecule has 0 amide bonds. The summed E-state index contributed by atoms with van der Waals surface area (Å²) in [4.78, 5) is 3.06. The molecule has 0 aliphatic heterocycles. The van der Waals surface area contributed by atoms with Gasteiger partial charge in [0.2, 0.25) is 0 Å². The molecule has 3 rings (SSSR count). The number of aromatic nitrogens is 2. The molecule has 84 valence electrons. The van der Waals surface area contributed by atoms with Crippen molar-refractivity contribution < 1.29 is 4.39 Å². The predicted molar refractivity (Wildman–Crippen MR) is 64.5 cm³/mol. The third kappa shape index (κ3) is 1.33. The maximum absolute atomic E-state index is 13.1. The van der Waals surface area contributed by atoms with E-state index in [1.807, 2.05) is 0 Å². The number of aromatic amines is 1. The molecular formula is C12H13FN2S. The van der Waals surface area contributed by atoms with Crippen LogP contribution in [-0.2, 0) is 0 Å². The molecule has 0 saturated heterocycles. The summed E-state index contributed by atoms with van der Waals surface area (Å²) >= 11 is 5.30. The van der Waals surface area contributed by atoms with Crippen molar-refractivity contribution in [2.75, 3.05) is 0 Å². The van der Waals surface area contributed by atoms with Crippen LogP contribution in [0.4, 0.5) is 4.39 Å². The van der Waals surface area contributed by atoms with Crippen molar-refractivity contribution in [3.05, 3.63) is 28.8 Å². The van der Waals surface area contributed by atoms with Crippen molar-refractivity contribution in [1.82, 2.24) is 9.55 Å². The van der Waals surface area contributed by atoms with E-state index in [1.54, 1.807) is 6.07 Å². The quantitative estimate of drug-likeness (QED) is 0.747. The Kier molecular flexibility index (Phi) is 1.84. The van der Waals surface area contributed by atoms with Crippen molar-refractivity contribution in [1.29, 1.82) is 0 Å². The number of hydrogen-bond acceptors (Lipinski definition) is 1. The zero-order valence-electron chi connectivity index (χ0n) is 9.25.